The van der Waals surface area contributed by atoms with Crippen LogP contribution < -0.4 is 35.7 Å². The monoisotopic (exact) mass is 701 g/mol. The van der Waals surface area contributed by atoms with Crippen LogP contribution >= 0.6 is 0 Å². The van der Waals surface area contributed by atoms with Gasteiger partial charge in [-0.05, 0) is 0 Å². The van der Waals surface area contributed by atoms with Gasteiger partial charge in [-0.3, -0.25) is 4.79 Å². The number of likely N-dealkylation sites (N-methyl/N-ethyl adjacent to an activating group) is 1. The molecule has 0 aliphatic rings. The minimum atomic E-state index is -2.97. The third-order valence-corrected chi connectivity index (χ3v) is 3.99. The number of esters is 1. The fourth-order valence-corrected chi connectivity index (χ4v) is 2.54. The first-order chi connectivity index (χ1) is 17.8. The van der Waals surface area contributed by atoms with Gasteiger partial charge < -0.3 is 88.7 Å². The van der Waals surface area contributed by atoms with Crippen molar-refractivity contribution in [3.63, 3.8) is 0 Å². The summed E-state index contributed by atoms with van der Waals surface area (Å²) in [5, 5.41) is 88.2. The third kappa shape index (κ3) is 32.6. The molecule has 0 aliphatic heterocycles. The Hall–Kier alpha value is -0.581. The van der Waals surface area contributed by atoms with Crippen LogP contribution in [0.2, 0.25) is 0 Å². The van der Waals surface area contributed by atoms with Crippen LogP contribution in [0.25, 0.3) is 0 Å². The van der Waals surface area contributed by atoms with Gasteiger partial charge in [-0.2, -0.15) is 0 Å². The molecule has 0 amide bonds. The Morgan fingerprint density at radius 2 is 0.860 bits per heavy atom. The maximum Gasteiger partial charge on any atom is 2.00 e. The molecule has 43 heavy (non-hydrogen) atoms. The van der Waals surface area contributed by atoms with Crippen molar-refractivity contribution < 1.29 is 93.5 Å². The van der Waals surface area contributed by atoms with E-state index < -0.39 is 90.7 Å². The minimum absolute atomic E-state index is 0. The van der Waals surface area contributed by atoms with Crippen molar-refractivity contribution in [1.29, 1.82) is 0 Å². The quantitative estimate of drug-likeness (QED) is 0.0909. The SMILES string of the molecule is CC(=O)OC(CC(=O)[O-])C[N+](C)(C)C.O=C([O-])CC(O)(CC(=O)[O-])C(=O)[O-].O=C([O-])CC(O)(CC(=O)[O-])C(=O)[O-].[Ca+2].[Ca+2].[Ca+2]. The first-order valence-electron chi connectivity index (χ1n) is 10.6. The average Bonchev–Trinajstić information content (AvgIpc) is 2.63. The molecular formula is C21H27Ca3NO18. The summed E-state index contributed by atoms with van der Waals surface area (Å²) >= 11 is 0. The van der Waals surface area contributed by atoms with Gasteiger partial charge in [0.25, 0.3) is 0 Å². The molecular weight excluding hydrogens is 674 g/mol. The van der Waals surface area contributed by atoms with Crippen LogP contribution in [0.1, 0.15) is 39.0 Å². The van der Waals surface area contributed by atoms with Crippen molar-refractivity contribution >= 4 is 161 Å². The molecule has 1 atom stereocenters. The maximum absolute atomic E-state index is 10.7. The summed E-state index contributed by atoms with van der Waals surface area (Å²) in [5.41, 5.74) is -5.95. The predicted octanol–water partition coefficient (Wildman–Crippen LogP) is -12.9. The van der Waals surface area contributed by atoms with E-state index in [0.29, 0.717) is 11.0 Å². The summed E-state index contributed by atoms with van der Waals surface area (Å²) in [6.45, 7) is 1.71. The molecule has 230 valence electrons. The molecule has 22 heteroatoms. The van der Waals surface area contributed by atoms with Crippen LogP contribution in [0, 0.1) is 0 Å². The predicted molar refractivity (Wildman–Crippen MR) is 124 cm³/mol. The van der Waals surface area contributed by atoms with Crippen LogP contribution in [0.3, 0.4) is 0 Å². The van der Waals surface area contributed by atoms with Crippen LogP contribution in [0.5, 0.6) is 0 Å². The molecule has 0 aromatic rings. The zero-order chi connectivity index (χ0) is 32.6. The Kier molecular flexibility index (Phi) is 32.7. The van der Waals surface area contributed by atoms with Gasteiger partial charge in [0.1, 0.15) is 17.7 Å². The second-order valence-corrected chi connectivity index (χ2v) is 9.11. The number of rotatable bonds is 15. The summed E-state index contributed by atoms with van der Waals surface area (Å²) in [4.78, 5) is 81.0. The van der Waals surface area contributed by atoms with Gasteiger partial charge in [-0.1, -0.05) is 0 Å². The van der Waals surface area contributed by atoms with E-state index in [0.717, 1.165) is 0 Å². The number of hydrogen-bond donors (Lipinski definition) is 2. The molecule has 0 fully saturated rings. The van der Waals surface area contributed by atoms with Crippen molar-refractivity contribution in [2.45, 2.75) is 56.3 Å². The molecule has 19 nitrogen and oxygen atoms in total. The molecule has 0 rings (SSSR count). The van der Waals surface area contributed by atoms with E-state index in [2.05, 4.69) is 0 Å². The van der Waals surface area contributed by atoms with Gasteiger partial charge in [-0.15, -0.1) is 0 Å². The van der Waals surface area contributed by atoms with E-state index in [1.54, 1.807) is 0 Å². The Labute approximate surface area is 334 Å². The molecule has 1 unspecified atom stereocenters. The fourth-order valence-electron chi connectivity index (χ4n) is 2.54. The number of aliphatic hydroxyl groups is 2. The number of carbonyl (C=O) groups excluding carboxylic acids is 8. The van der Waals surface area contributed by atoms with Crippen molar-refractivity contribution in [2.75, 3.05) is 27.7 Å². The van der Waals surface area contributed by atoms with E-state index in [4.69, 9.17) is 14.9 Å². The topological polar surface area (TPSA) is 348 Å². The second kappa shape index (κ2) is 25.6. The van der Waals surface area contributed by atoms with Crippen LogP contribution in [0.15, 0.2) is 0 Å². The Bertz CT molecular complexity index is 865. The normalized spacial score (nSPS) is 10.9. The third-order valence-electron chi connectivity index (χ3n) is 3.99. The summed E-state index contributed by atoms with van der Waals surface area (Å²) in [7, 11) is 5.68. The van der Waals surface area contributed by atoms with Crippen LogP contribution in [-0.2, 0) is 43.1 Å². The number of hydrogen-bond acceptors (Lipinski definition) is 18. The molecule has 0 aromatic heterocycles. The zero-order valence-electron chi connectivity index (χ0n) is 23.8. The first kappa shape index (κ1) is 54.9. The van der Waals surface area contributed by atoms with Crippen LogP contribution in [-0.4, -0.2) is 221 Å². The Balaban J connectivity index is -0.000000115. The van der Waals surface area contributed by atoms with E-state index in [9.17, 15) is 74.1 Å². The summed E-state index contributed by atoms with van der Waals surface area (Å²) in [6, 6.07) is 0. The van der Waals surface area contributed by atoms with Gasteiger partial charge in [0.05, 0.1) is 33.1 Å². The first-order valence-corrected chi connectivity index (χ1v) is 10.6. The van der Waals surface area contributed by atoms with Crippen molar-refractivity contribution in [3.05, 3.63) is 0 Å². The van der Waals surface area contributed by atoms with Gasteiger partial charge in [0.2, 0.25) is 0 Å². The van der Waals surface area contributed by atoms with Crippen molar-refractivity contribution in [2.24, 2.45) is 0 Å². The number of aliphatic carboxylic acids is 7. The fraction of sp³-hybridized carbons (Fsp3) is 0.619. The summed E-state index contributed by atoms with van der Waals surface area (Å²) in [5.74, 6) is -13.6. The van der Waals surface area contributed by atoms with E-state index >= 15 is 0 Å². The molecule has 0 radical (unpaired) electrons. The smallest absolute Gasteiger partial charge is 0.550 e. The summed E-state index contributed by atoms with van der Waals surface area (Å²) in [6.07, 6.45) is -6.30. The maximum atomic E-state index is 10.7. The van der Waals surface area contributed by atoms with Gasteiger partial charge >= 0.3 is 119 Å². The standard InChI is InChI=1S/C9H17NO4.2C6H8O7.3Ca/c1-7(11)14-8(5-9(12)13)6-10(2,3)4;2*7-3(8)1-6(13,5(11)12)2-4(9)10;;;/h8H,5-6H2,1-4H3;2*13H,1-2H2,(H,7,8)(H,9,10)(H,11,12);;;/q;;;3*+2/p-6. The Morgan fingerprint density at radius 1 is 0.605 bits per heavy atom. The van der Waals surface area contributed by atoms with Gasteiger partial charge in [0.15, 0.2) is 6.10 Å². The Morgan fingerprint density at radius 3 is 1.00 bits per heavy atom. The summed E-state index contributed by atoms with van der Waals surface area (Å²) < 4.78 is 5.39. The number of carboxylic acids is 7. The molecule has 0 saturated heterocycles. The van der Waals surface area contributed by atoms with Gasteiger partial charge in [0, 0.05) is 68.9 Å². The number of carbonyl (C=O) groups is 8. The minimum Gasteiger partial charge on any atom is -0.550 e. The molecule has 0 saturated carbocycles. The molecule has 2 N–H and O–H groups in total. The average molecular weight is 702 g/mol. The number of carboxylic acid groups (broad SMARTS) is 7. The number of nitrogens with zero attached hydrogens (tertiary/aromatic N) is 1. The molecule has 0 heterocycles. The number of quaternary nitrogens is 1. The van der Waals surface area contributed by atoms with E-state index in [-0.39, 0.29) is 120 Å². The molecule has 0 bridgehead atoms. The number of ether oxygens (including phenoxy) is 1. The molecule has 0 aliphatic carbocycles. The molecule has 0 aromatic carbocycles. The molecule has 0 spiro atoms. The van der Waals surface area contributed by atoms with Crippen LogP contribution in [0.4, 0.5) is 0 Å². The van der Waals surface area contributed by atoms with E-state index in [1.807, 2.05) is 21.1 Å². The van der Waals surface area contributed by atoms with Crippen molar-refractivity contribution in [3.8, 4) is 0 Å². The van der Waals surface area contributed by atoms with Gasteiger partial charge in [-0.25, -0.2) is 0 Å². The zero-order valence-corrected chi connectivity index (χ0v) is 30.4. The van der Waals surface area contributed by atoms with Crippen molar-refractivity contribution in [1.82, 2.24) is 0 Å². The largest absolute Gasteiger partial charge is 2.00 e. The van der Waals surface area contributed by atoms with E-state index in [1.165, 1.54) is 6.92 Å². The second-order valence-electron chi connectivity index (χ2n) is 9.11.